The lowest BCUT2D eigenvalue weighted by molar-refractivity contribution is -0.140. The molecule has 0 aliphatic heterocycles. The summed E-state index contributed by atoms with van der Waals surface area (Å²) in [6, 6.07) is 11.1. The largest absolute Gasteiger partial charge is 0.434 e. The van der Waals surface area contributed by atoms with Crippen LogP contribution in [0.4, 0.5) is 19.0 Å². The number of aliphatic hydroxyl groups excluding tert-OH is 1. The predicted octanol–water partition coefficient (Wildman–Crippen LogP) is 4.97. The molecule has 0 saturated heterocycles. The number of hydrogen-bond donors (Lipinski definition) is 3. The molecule has 32 heavy (non-hydrogen) atoms. The van der Waals surface area contributed by atoms with Crippen LogP contribution in [0.15, 0.2) is 48.1 Å². The highest BCUT2D eigenvalue weighted by molar-refractivity contribution is 7.16. The summed E-state index contributed by atoms with van der Waals surface area (Å²) in [5.41, 5.74) is 2.73. The first-order chi connectivity index (χ1) is 15.4. The molecule has 0 spiro atoms. The molecule has 1 aromatic carbocycles. The number of pyridine rings is 1. The van der Waals surface area contributed by atoms with Crippen molar-refractivity contribution in [3.05, 3.63) is 59.4 Å². The van der Waals surface area contributed by atoms with Crippen molar-refractivity contribution in [2.24, 2.45) is 0 Å². The maximum Gasteiger partial charge on any atom is 0.434 e. The molecule has 1 unspecified atom stereocenters. The SMILES string of the molecule is OC(N[C@H]1CC[C@@H](Nc2cccc3nc(C(F)(F)F)cn23)CC1)c1cccc2scnc12. The number of nitrogens with zero attached hydrogens (tertiary/aromatic N) is 3. The van der Waals surface area contributed by atoms with Gasteiger partial charge in [0.05, 0.1) is 15.7 Å². The third kappa shape index (κ3) is 4.17. The molecule has 3 N–H and O–H groups in total. The number of thiazole rings is 1. The van der Waals surface area contributed by atoms with E-state index in [1.807, 2.05) is 18.2 Å². The van der Waals surface area contributed by atoms with E-state index in [0.717, 1.165) is 47.7 Å². The number of hydrogen-bond acceptors (Lipinski definition) is 6. The Morgan fingerprint density at radius 1 is 1.06 bits per heavy atom. The summed E-state index contributed by atoms with van der Waals surface area (Å²) in [7, 11) is 0. The first-order valence-corrected chi connectivity index (χ1v) is 11.3. The lowest BCUT2D eigenvalue weighted by atomic mass is 9.91. The highest BCUT2D eigenvalue weighted by Crippen LogP contribution is 2.31. The van der Waals surface area contributed by atoms with E-state index < -0.39 is 18.1 Å². The van der Waals surface area contributed by atoms with Crippen LogP contribution in [-0.2, 0) is 6.18 Å². The van der Waals surface area contributed by atoms with Crippen molar-refractivity contribution < 1.29 is 18.3 Å². The number of rotatable bonds is 5. The minimum atomic E-state index is -4.48. The Balaban J connectivity index is 1.22. The molecule has 1 fully saturated rings. The maximum atomic E-state index is 13.0. The topological polar surface area (TPSA) is 74.5 Å². The first kappa shape index (κ1) is 21.2. The number of benzene rings is 1. The Hall–Kier alpha value is -2.69. The van der Waals surface area contributed by atoms with Crippen molar-refractivity contribution in [1.82, 2.24) is 19.7 Å². The monoisotopic (exact) mass is 461 g/mol. The molecule has 1 atom stereocenters. The standard InChI is InChI=1S/C22H22F3N5OS/c23-22(24,25)17-11-30-18(5-2-6-19(30)29-17)27-13-7-9-14(10-8-13)28-21(31)15-3-1-4-16-20(15)26-12-32-16/h1-6,11-14,21,27-28,31H,7-10H2/t13-,14+,21?. The van der Waals surface area contributed by atoms with Gasteiger partial charge < -0.3 is 10.4 Å². The number of para-hydroxylation sites is 1. The van der Waals surface area contributed by atoms with Crippen molar-refractivity contribution in [3.63, 3.8) is 0 Å². The smallest absolute Gasteiger partial charge is 0.374 e. The number of anilines is 1. The number of imidazole rings is 1. The van der Waals surface area contributed by atoms with Gasteiger partial charge in [0.15, 0.2) is 5.69 Å². The summed E-state index contributed by atoms with van der Waals surface area (Å²) in [6.45, 7) is 0. The number of halogens is 3. The molecule has 5 rings (SSSR count). The van der Waals surface area contributed by atoms with Crippen molar-refractivity contribution in [1.29, 1.82) is 0 Å². The van der Waals surface area contributed by atoms with E-state index >= 15 is 0 Å². The fraction of sp³-hybridized carbons (Fsp3) is 0.364. The van der Waals surface area contributed by atoms with E-state index in [0.29, 0.717) is 5.82 Å². The quantitative estimate of drug-likeness (QED) is 0.366. The van der Waals surface area contributed by atoms with Gasteiger partial charge in [-0.3, -0.25) is 9.72 Å². The van der Waals surface area contributed by atoms with Gasteiger partial charge in [-0.2, -0.15) is 13.2 Å². The normalized spacial score (nSPS) is 20.6. The summed E-state index contributed by atoms with van der Waals surface area (Å²) in [6.07, 6.45) is -0.886. The molecule has 4 aromatic rings. The molecule has 0 radical (unpaired) electrons. The molecular weight excluding hydrogens is 439 g/mol. The third-order valence-electron chi connectivity index (χ3n) is 5.94. The fourth-order valence-corrected chi connectivity index (χ4v) is 5.03. The summed E-state index contributed by atoms with van der Waals surface area (Å²) >= 11 is 1.54. The molecule has 3 heterocycles. The van der Waals surface area contributed by atoms with E-state index in [-0.39, 0.29) is 17.7 Å². The van der Waals surface area contributed by atoms with Crippen molar-refractivity contribution in [2.75, 3.05) is 5.32 Å². The number of aromatic nitrogens is 3. The van der Waals surface area contributed by atoms with Gasteiger partial charge in [0.1, 0.15) is 17.7 Å². The molecule has 0 bridgehead atoms. The number of alkyl halides is 3. The van der Waals surface area contributed by atoms with Gasteiger partial charge in [0.25, 0.3) is 0 Å². The molecule has 0 amide bonds. The molecule has 1 aliphatic carbocycles. The van der Waals surface area contributed by atoms with Gasteiger partial charge in [-0.1, -0.05) is 18.2 Å². The zero-order chi connectivity index (χ0) is 22.3. The lowest BCUT2D eigenvalue weighted by Gasteiger charge is -2.32. The van der Waals surface area contributed by atoms with Crippen molar-refractivity contribution in [2.45, 2.75) is 50.2 Å². The Labute approximate surface area is 186 Å². The van der Waals surface area contributed by atoms with Gasteiger partial charge in [0, 0.05) is 23.8 Å². The van der Waals surface area contributed by atoms with Crippen molar-refractivity contribution >= 4 is 33.0 Å². The Morgan fingerprint density at radius 2 is 1.81 bits per heavy atom. The minimum absolute atomic E-state index is 0.134. The maximum absolute atomic E-state index is 13.0. The summed E-state index contributed by atoms with van der Waals surface area (Å²) in [4.78, 5) is 8.05. The number of fused-ring (bicyclic) bond motifs is 2. The second-order valence-corrected chi connectivity index (χ2v) is 8.96. The molecule has 10 heteroatoms. The third-order valence-corrected chi connectivity index (χ3v) is 6.74. The van der Waals surface area contributed by atoms with Crippen LogP contribution in [0.25, 0.3) is 15.9 Å². The van der Waals surface area contributed by atoms with Crippen LogP contribution >= 0.6 is 11.3 Å². The fourth-order valence-electron chi connectivity index (χ4n) is 4.32. The van der Waals surface area contributed by atoms with Gasteiger partial charge in [-0.05, 0) is 43.9 Å². The highest BCUT2D eigenvalue weighted by Gasteiger charge is 2.34. The van der Waals surface area contributed by atoms with Crippen LogP contribution in [0.1, 0.15) is 43.2 Å². The van der Waals surface area contributed by atoms with Crippen LogP contribution < -0.4 is 10.6 Å². The summed E-state index contributed by atoms with van der Waals surface area (Å²) in [5, 5.41) is 17.4. The zero-order valence-corrected chi connectivity index (χ0v) is 17.8. The van der Waals surface area contributed by atoms with E-state index in [1.54, 1.807) is 35.0 Å². The van der Waals surface area contributed by atoms with Gasteiger partial charge in [0.2, 0.25) is 0 Å². The van der Waals surface area contributed by atoms with Crippen molar-refractivity contribution in [3.8, 4) is 0 Å². The zero-order valence-electron chi connectivity index (χ0n) is 17.0. The molecular formula is C22H22F3N5OS. The van der Waals surface area contributed by atoms with E-state index in [9.17, 15) is 18.3 Å². The molecule has 6 nitrogen and oxygen atoms in total. The predicted molar refractivity (Wildman–Crippen MR) is 118 cm³/mol. The Morgan fingerprint density at radius 3 is 2.59 bits per heavy atom. The first-order valence-electron chi connectivity index (χ1n) is 10.5. The second kappa shape index (κ2) is 8.34. The molecule has 1 saturated carbocycles. The lowest BCUT2D eigenvalue weighted by Crippen LogP contribution is -2.39. The van der Waals surface area contributed by atoms with E-state index in [1.165, 1.54) is 4.40 Å². The summed E-state index contributed by atoms with van der Waals surface area (Å²) in [5.74, 6) is 0.595. The minimum Gasteiger partial charge on any atom is -0.374 e. The number of aliphatic hydroxyl groups is 1. The second-order valence-electron chi connectivity index (χ2n) is 8.07. The van der Waals surface area contributed by atoms with Crippen LogP contribution in [0.3, 0.4) is 0 Å². The van der Waals surface area contributed by atoms with Gasteiger partial charge in [-0.15, -0.1) is 11.3 Å². The Bertz CT molecular complexity index is 1230. The van der Waals surface area contributed by atoms with Gasteiger partial charge >= 0.3 is 6.18 Å². The van der Waals surface area contributed by atoms with Crippen LogP contribution in [0, 0.1) is 0 Å². The van der Waals surface area contributed by atoms with E-state index in [4.69, 9.17) is 0 Å². The molecule has 3 aromatic heterocycles. The van der Waals surface area contributed by atoms with Crippen LogP contribution in [-0.4, -0.2) is 31.6 Å². The van der Waals surface area contributed by atoms with Gasteiger partial charge in [-0.25, -0.2) is 9.97 Å². The average Bonchev–Trinajstić information content (AvgIpc) is 3.42. The van der Waals surface area contributed by atoms with E-state index in [2.05, 4.69) is 20.6 Å². The number of nitrogens with one attached hydrogen (secondary N) is 2. The highest BCUT2D eigenvalue weighted by atomic mass is 32.1. The average molecular weight is 462 g/mol. The summed E-state index contributed by atoms with van der Waals surface area (Å²) < 4.78 is 41.6. The van der Waals surface area contributed by atoms with Crippen LogP contribution in [0.5, 0.6) is 0 Å². The van der Waals surface area contributed by atoms with Crippen LogP contribution in [0.2, 0.25) is 0 Å². The molecule has 168 valence electrons. The Kier molecular flexibility index (Phi) is 5.52. The molecule has 1 aliphatic rings.